The summed E-state index contributed by atoms with van der Waals surface area (Å²) >= 11 is 1.79. The summed E-state index contributed by atoms with van der Waals surface area (Å²) < 4.78 is 0. The number of aryl methyl sites for hydroxylation is 1. The van der Waals surface area contributed by atoms with Crippen LogP contribution in [0.1, 0.15) is 36.1 Å². The molecular formula is C20H23N3OS. The van der Waals surface area contributed by atoms with Gasteiger partial charge in [-0.2, -0.15) is 0 Å². The molecule has 0 saturated carbocycles. The smallest absolute Gasteiger partial charge is 0.146 e. The summed E-state index contributed by atoms with van der Waals surface area (Å²) in [6.45, 7) is 7.96. The van der Waals surface area contributed by atoms with Crippen LogP contribution in [-0.4, -0.2) is 39.8 Å². The topological polar surface area (TPSA) is 49.2 Å². The number of phenols is 1. The molecule has 3 heterocycles. The minimum atomic E-state index is 0.246. The van der Waals surface area contributed by atoms with Crippen LogP contribution in [0.25, 0.3) is 21.5 Å². The first-order valence-electron chi connectivity index (χ1n) is 8.94. The van der Waals surface area contributed by atoms with Gasteiger partial charge in [-0.1, -0.05) is 19.1 Å². The molecular weight excluding hydrogens is 330 g/mol. The minimum Gasteiger partial charge on any atom is -0.507 e. The molecule has 130 valence electrons. The van der Waals surface area contributed by atoms with E-state index in [9.17, 15) is 5.11 Å². The summed E-state index contributed by atoms with van der Waals surface area (Å²) in [5.74, 6) is 0.881. The molecule has 1 saturated heterocycles. The highest BCUT2D eigenvalue weighted by Crippen LogP contribution is 2.40. The molecule has 0 spiro atoms. The Bertz CT molecular complexity index is 897. The van der Waals surface area contributed by atoms with Gasteiger partial charge in [-0.15, -0.1) is 21.5 Å². The van der Waals surface area contributed by atoms with Crippen molar-refractivity contribution in [1.82, 2.24) is 15.1 Å². The third-order valence-electron chi connectivity index (χ3n) is 5.33. The van der Waals surface area contributed by atoms with Crippen molar-refractivity contribution < 1.29 is 5.11 Å². The summed E-state index contributed by atoms with van der Waals surface area (Å²) in [7, 11) is 0. The van der Waals surface area contributed by atoms with Gasteiger partial charge in [0.2, 0.25) is 0 Å². The van der Waals surface area contributed by atoms with E-state index >= 15 is 0 Å². The number of hydrogen-bond donors (Lipinski definition) is 1. The van der Waals surface area contributed by atoms with E-state index in [1.165, 1.54) is 41.8 Å². The van der Waals surface area contributed by atoms with E-state index in [1.54, 1.807) is 17.4 Å². The molecule has 2 aromatic heterocycles. The molecule has 0 bridgehead atoms. The van der Waals surface area contributed by atoms with Crippen molar-refractivity contribution in [1.29, 1.82) is 0 Å². The molecule has 0 radical (unpaired) electrons. The van der Waals surface area contributed by atoms with Crippen molar-refractivity contribution in [2.24, 2.45) is 0 Å². The van der Waals surface area contributed by atoms with Gasteiger partial charge >= 0.3 is 0 Å². The largest absolute Gasteiger partial charge is 0.507 e. The summed E-state index contributed by atoms with van der Waals surface area (Å²) in [6.07, 6.45) is 2.45. The number of piperidine rings is 1. The molecule has 3 aromatic rings. The third kappa shape index (κ3) is 3.02. The van der Waals surface area contributed by atoms with E-state index in [2.05, 4.69) is 35.0 Å². The SMILES string of the molecule is CCN1CCC(c2sc3nnc(-c4ccccc4O)cc3c2C)CC1. The zero-order chi connectivity index (χ0) is 17.4. The van der Waals surface area contributed by atoms with Gasteiger partial charge in [0.25, 0.3) is 0 Å². The molecule has 4 nitrogen and oxygen atoms in total. The van der Waals surface area contributed by atoms with Gasteiger partial charge in [-0.05, 0) is 69.1 Å². The predicted molar refractivity (Wildman–Crippen MR) is 103 cm³/mol. The van der Waals surface area contributed by atoms with Crippen LogP contribution >= 0.6 is 11.3 Å². The monoisotopic (exact) mass is 353 g/mol. The van der Waals surface area contributed by atoms with Crippen LogP contribution in [0.4, 0.5) is 0 Å². The van der Waals surface area contributed by atoms with Crippen LogP contribution in [0.2, 0.25) is 0 Å². The number of benzene rings is 1. The Morgan fingerprint density at radius 3 is 2.68 bits per heavy atom. The third-order valence-corrected chi connectivity index (χ3v) is 6.68. The van der Waals surface area contributed by atoms with Crippen LogP contribution in [0.5, 0.6) is 5.75 Å². The molecule has 1 aromatic carbocycles. The Balaban J connectivity index is 1.70. The zero-order valence-corrected chi connectivity index (χ0v) is 15.5. The van der Waals surface area contributed by atoms with E-state index < -0.39 is 0 Å². The zero-order valence-electron chi connectivity index (χ0n) is 14.7. The number of aromatic hydroxyl groups is 1. The quantitative estimate of drug-likeness (QED) is 0.749. The first kappa shape index (κ1) is 16.5. The number of likely N-dealkylation sites (tertiary alicyclic amines) is 1. The predicted octanol–water partition coefficient (Wildman–Crippen LogP) is 4.57. The standard InChI is InChI=1S/C20H23N3OS/c1-3-23-10-8-14(9-11-23)19-13(2)16-12-17(21-22-20(16)25-19)15-6-4-5-7-18(15)24/h4-7,12,14,24H,3,8-11H2,1-2H3. The number of fused-ring (bicyclic) bond motifs is 1. The number of thiophene rings is 1. The Morgan fingerprint density at radius 2 is 1.96 bits per heavy atom. The van der Waals surface area contributed by atoms with Crippen molar-refractivity contribution >= 4 is 21.6 Å². The number of aromatic nitrogens is 2. The van der Waals surface area contributed by atoms with Gasteiger partial charge in [-0.3, -0.25) is 0 Å². The molecule has 1 fully saturated rings. The average Bonchev–Trinajstić information content (AvgIpc) is 2.98. The highest BCUT2D eigenvalue weighted by molar-refractivity contribution is 7.18. The van der Waals surface area contributed by atoms with Crippen LogP contribution < -0.4 is 0 Å². The fourth-order valence-electron chi connectivity index (χ4n) is 3.76. The van der Waals surface area contributed by atoms with Gasteiger partial charge in [0.1, 0.15) is 10.6 Å². The lowest BCUT2D eigenvalue weighted by atomic mass is 9.92. The second kappa shape index (κ2) is 6.73. The second-order valence-electron chi connectivity index (χ2n) is 6.77. The van der Waals surface area contributed by atoms with E-state index in [1.807, 2.05) is 18.2 Å². The van der Waals surface area contributed by atoms with Gasteiger partial charge < -0.3 is 10.0 Å². The lowest BCUT2D eigenvalue weighted by Crippen LogP contribution is -2.32. The van der Waals surface area contributed by atoms with E-state index in [-0.39, 0.29) is 5.75 Å². The molecule has 5 heteroatoms. The van der Waals surface area contributed by atoms with Gasteiger partial charge in [0, 0.05) is 15.8 Å². The molecule has 0 atom stereocenters. The Hall–Kier alpha value is -1.98. The van der Waals surface area contributed by atoms with Crippen LogP contribution in [-0.2, 0) is 0 Å². The first-order valence-corrected chi connectivity index (χ1v) is 9.76. The number of nitrogens with zero attached hydrogens (tertiary/aromatic N) is 3. The normalized spacial score (nSPS) is 16.6. The maximum absolute atomic E-state index is 10.1. The molecule has 4 rings (SSSR count). The van der Waals surface area contributed by atoms with Crippen molar-refractivity contribution in [3.8, 4) is 17.0 Å². The highest BCUT2D eigenvalue weighted by Gasteiger charge is 2.24. The number of para-hydroxylation sites is 1. The molecule has 0 aliphatic carbocycles. The number of phenolic OH excluding ortho intramolecular Hbond substituents is 1. The van der Waals surface area contributed by atoms with Crippen LogP contribution in [0, 0.1) is 6.92 Å². The van der Waals surface area contributed by atoms with Crippen molar-refractivity contribution in [3.63, 3.8) is 0 Å². The Kier molecular flexibility index (Phi) is 4.44. The first-order chi connectivity index (χ1) is 12.2. The lowest BCUT2D eigenvalue weighted by molar-refractivity contribution is 0.223. The molecule has 25 heavy (non-hydrogen) atoms. The molecule has 1 N–H and O–H groups in total. The summed E-state index contributed by atoms with van der Waals surface area (Å²) in [5, 5.41) is 20.1. The second-order valence-corrected chi connectivity index (χ2v) is 7.80. The van der Waals surface area contributed by atoms with E-state index in [0.29, 0.717) is 5.92 Å². The maximum Gasteiger partial charge on any atom is 0.146 e. The van der Waals surface area contributed by atoms with Crippen molar-refractivity contribution in [2.75, 3.05) is 19.6 Å². The maximum atomic E-state index is 10.1. The highest BCUT2D eigenvalue weighted by atomic mass is 32.1. The molecule has 0 amide bonds. The fourth-order valence-corrected chi connectivity index (χ4v) is 5.04. The molecule has 1 aliphatic heterocycles. The lowest BCUT2D eigenvalue weighted by Gasteiger charge is -2.30. The minimum absolute atomic E-state index is 0.246. The van der Waals surface area contributed by atoms with Crippen molar-refractivity contribution in [3.05, 3.63) is 40.8 Å². The summed E-state index contributed by atoms with van der Waals surface area (Å²) in [5.41, 5.74) is 2.81. The van der Waals surface area contributed by atoms with Gasteiger partial charge in [0.05, 0.1) is 5.69 Å². The number of rotatable bonds is 3. The van der Waals surface area contributed by atoms with E-state index in [4.69, 9.17) is 0 Å². The average molecular weight is 353 g/mol. The molecule has 1 aliphatic rings. The fraction of sp³-hybridized carbons (Fsp3) is 0.400. The Labute approximate surface area is 152 Å². The van der Waals surface area contributed by atoms with E-state index in [0.717, 1.165) is 22.6 Å². The van der Waals surface area contributed by atoms with Crippen LogP contribution in [0.15, 0.2) is 30.3 Å². The summed E-state index contributed by atoms with van der Waals surface area (Å²) in [6, 6.07) is 9.38. The molecule has 0 unspecified atom stereocenters. The summed E-state index contributed by atoms with van der Waals surface area (Å²) in [4.78, 5) is 4.99. The van der Waals surface area contributed by atoms with Crippen LogP contribution in [0.3, 0.4) is 0 Å². The number of hydrogen-bond acceptors (Lipinski definition) is 5. The Morgan fingerprint density at radius 1 is 1.20 bits per heavy atom. The van der Waals surface area contributed by atoms with Crippen molar-refractivity contribution in [2.45, 2.75) is 32.6 Å². The van der Waals surface area contributed by atoms with Gasteiger partial charge in [0.15, 0.2) is 0 Å². The van der Waals surface area contributed by atoms with Gasteiger partial charge in [-0.25, -0.2) is 0 Å².